The number of aliphatic hydroxyl groups excluding tert-OH is 1. The van der Waals surface area contributed by atoms with E-state index in [4.69, 9.17) is 5.11 Å². The van der Waals surface area contributed by atoms with Crippen molar-refractivity contribution in [2.45, 2.75) is 51.5 Å². The Hall–Kier alpha value is -1.96. The van der Waals surface area contributed by atoms with Crippen molar-refractivity contribution in [1.82, 2.24) is 20.1 Å². The van der Waals surface area contributed by atoms with Gasteiger partial charge in [0.05, 0.1) is 6.42 Å². The van der Waals surface area contributed by atoms with Gasteiger partial charge in [-0.2, -0.15) is 0 Å². The summed E-state index contributed by atoms with van der Waals surface area (Å²) in [7, 11) is 0. The zero-order chi connectivity index (χ0) is 17.8. The Morgan fingerprint density at radius 1 is 1.32 bits per heavy atom. The zero-order valence-electron chi connectivity index (χ0n) is 14.7. The van der Waals surface area contributed by atoms with Gasteiger partial charge in [-0.05, 0) is 38.5 Å². The summed E-state index contributed by atoms with van der Waals surface area (Å²) in [5.74, 6) is 0.588. The standard InChI is InChI=1S/C17H26N4O4/c1-12-14(19-25-18-12)10-17(24)20-8-6-15-13(11-20)4-5-16(23)21(15)7-2-3-9-22/h13,15,22H,2-11H2,1H3/t13-,15+/m0/s1. The highest BCUT2D eigenvalue weighted by Crippen LogP contribution is 2.31. The zero-order valence-corrected chi connectivity index (χ0v) is 14.7. The number of unbranched alkanes of at least 4 members (excludes halogenated alkanes) is 1. The molecule has 8 nitrogen and oxygen atoms in total. The second-order valence-corrected chi connectivity index (χ2v) is 6.99. The van der Waals surface area contributed by atoms with Gasteiger partial charge in [-0.1, -0.05) is 10.3 Å². The summed E-state index contributed by atoms with van der Waals surface area (Å²) >= 11 is 0. The van der Waals surface area contributed by atoms with Crippen LogP contribution in [-0.4, -0.2) is 69.3 Å². The van der Waals surface area contributed by atoms with Crippen LogP contribution in [0.5, 0.6) is 0 Å². The molecule has 0 radical (unpaired) electrons. The van der Waals surface area contributed by atoms with Gasteiger partial charge >= 0.3 is 0 Å². The molecule has 8 heteroatoms. The first-order chi connectivity index (χ1) is 12.1. The minimum atomic E-state index is 0.0426. The van der Waals surface area contributed by atoms with Crippen molar-refractivity contribution in [2.24, 2.45) is 5.92 Å². The second kappa shape index (κ2) is 7.95. The molecule has 0 aliphatic carbocycles. The predicted molar refractivity (Wildman–Crippen MR) is 88.5 cm³/mol. The van der Waals surface area contributed by atoms with Gasteiger partial charge in [0, 0.05) is 38.7 Å². The van der Waals surface area contributed by atoms with E-state index in [-0.39, 0.29) is 30.9 Å². The first-order valence-corrected chi connectivity index (χ1v) is 9.06. The average molecular weight is 350 g/mol. The topological polar surface area (TPSA) is 99.8 Å². The number of amides is 2. The van der Waals surface area contributed by atoms with E-state index in [1.165, 1.54) is 0 Å². The van der Waals surface area contributed by atoms with Crippen LogP contribution < -0.4 is 0 Å². The van der Waals surface area contributed by atoms with Crippen LogP contribution in [0.3, 0.4) is 0 Å². The quantitative estimate of drug-likeness (QED) is 0.752. The van der Waals surface area contributed by atoms with E-state index in [0.717, 1.165) is 25.7 Å². The fraction of sp³-hybridized carbons (Fsp3) is 0.765. The number of piperidine rings is 2. The fourth-order valence-corrected chi connectivity index (χ4v) is 3.93. The smallest absolute Gasteiger partial charge is 0.228 e. The second-order valence-electron chi connectivity index (χ2n) is 6.99. The molecule has 2 aliphatic rings. The molecule has 2 amide bonds. The van der Waals surface area contributed by atoms with Crippen molar-refractivity contribution in [1.29, 1.82) is 0 Å². The minimum Gasteiger partial charge on any atom is -0.396 e. The van der Waals surface area contributed by atoms with E-state index in [2.05, 4.69) is 14.9 Å². The lowest BCUT2D eigenvalue weighted by Gasteiger charge is -2.47. The third kappa shape index (κ3) is 4.00. The Kier molecular flexibility index (Phi) is 5.67. The summed E-state index contributed by atoms with van der Waals surface area (Å²) in [4.78, 5) is 28.7. The van der Waals surface area contributed by atoms with E-state index < -0.39 is 0 Å². The molecule has 1 N–H and O–H groups in total. The van der Waals surface area contributed by atoms with Crippen molar-refractivity contribution in [3.8, 4) is 0 Å². The number of carbonyl (C=O) groups is 2. The number of aromatic nitrogens is 2. The maximum absolute atomic E-state index is 12.6. The van der Waals surface area contributed by atoms with Gasteiger partial charge in [-0.25, -0.2) is 4.63 Å². The number of hydrogen-bond acceptors (Lipinski definition) is 6. The Morgan fingerprint density at radius 3 is 2.88 bits per heavy atom. The summed E-state index contributed by atoms with van der Waals surface area (Å²) in [6, 6.07) is 0.222. The Balaban J connectivity index is 1.58. The molecule has 0 unspecified atom stereocenters. The van der Waals surface area contributed by atoms with E-state index >= 15 is 0 Å². The van der Waals surface area contributed by atoms with E-state index in [9.17, 15) is 9.59 Å². The molecule has 3 heterocycles. The highest BCUT2D eigenvalue weighted by Gasteiger charge is 2.40. The molecular weight excluding hydrogens is 324 g/mol. The van der Waals surface area contributed by atoms with Crippen molar-refractivity contribution in [3.63, 3.8) is 0 Å². The van der Waals surface area contributed by atoms with Crippen LogP contribution in [0.25, 0.3) is 0 Å². The normalized spacial score (nSPS) is 23.7. The van der Waals surface area contributed by atoms with Gasteiger partial charge in [-0.15, -0.1) is 0 Å². The molecule has 2 aliphatic heterocycles. The summed E-state index contributed by atoms with van der Waals surface area (Å²) in [6.45, 7) is 4.00. The Bertz CT molecular complexity index is 618. The minimum absolute atomic E-state index is 0.0426. The molecule has 3 rings (SSSR count). The van der Waals surface area contributed by atoms with E-state index in [0.29, 0.717) is 43.4 Å². The highest BCUT2D eigenvalue weighted by molar-refractivity contribution is 5.79. The van der Waals surface area contributed by atoms with Crippen LogP contribution in [0.15, 0.2) is 4.63 Å². The molecule has 0 aromatic carbocycles. The van der Waals surface area contributed by atoms with Gasteiger partial charge < -0.3 is 14.9 Å². The number of hydrogen-bond donors (Lipinski definition) is 1. The lowest BCUT2D eigenvalue weighted by molar-refractivity contribution is -0.144. The summed E-state index contributed by atoms with van der Waals surface area (Å²) in [5.41, 5.74) is 1.25. The van der Waals surface area contributed by atoms with Crippen LogP contribution >= 0.6 is 0 Å². The number of aryl methyl sites for hydroxylation is 1. The van der Waals surface area contributed by atoms with Crippen LogP contribution in [0, 0.1) is 12.8 Å². The van der Waals surface area contributed by atoms with Crippen LogP contribution in [0.1, 0.15) is 43.5 Å². The van der Waals surface area contributed by atoms with Gasteiger partial charge in [0.15, 0.2) is 0 Å². The summed E-state index contributed by atoms with van der Waals surface area (Å²) in [6.07, 6.45) is 3.97. The number of carbonyl (C=O) groups excluding carboxylic acids is 2. The van der Waals surface area contributed by atoms with Crippen molar-refractivity contribution < 1.29 is 19.3 Å². The third-order valence-corrected chi connectivity index (χ3v) is 5.37. The molecule has 138 valence electrons. The predicted octanol–water partition coefficient (Wildman–Crippen LogP) is 0.533. The highest BCUT2D eigenvalue weighted by atomic mass is 16.6. The van der Waals surface area contributed by atoms with Gasteiger partial charge in [0.25, 0.3) is 0 Å². The molecule has 1 aromatic heterocycles. The molecule has 2 fully saturated rings. The molecule has 0 spiro atoms. The first kappa shape index (κ1) is 17.8. The SMILES string of the molecule is Cc1nonc1CC(=O)N1CC[C@@H]2[C@@H](CCC(=O)N2CCCCO)C1. The largest absolute Gasteiger partial charge is 0.396 e. The monoisotopic (exact) mass is 350 g/mol. The third-order valence-electron chi connectivity index (χ3n) is 5.37. The number of fused-ring (bicyclic) bond motifs is 1. The number of likely N-dealkylation sites (tertiary alicyclic amines) is 2. The van der Waals surface area contributed by atoms with Gasteiger partial charge in [-0.3, -0.25) is 9.59 Å². The van der Waals surface area contributed by atoms with Crippen molar-refractivity contribution >= 4 is 11.8 Å². The van der Waals surface area contributed by atoms with Crippen molar-refractivity contribution in [3.05, 3.63) is 11.4 Å². The lowest BCUT2D eigenvalue weighted by Crippen LogP contribution is -2.57. The number of aliphatic hydroxyl groups is 1. The van der Waals surface area contributed by atoms with Crippen LogP contribution in [-0.2, 0) is 16.0 Å². The molecule has 25 heavy (non-hydrogen) atoms. The Labute approximate surface area is 147 Å². The molecule has 0 saturated carbocycles. The molecule has 2 atom stereocenters. The molecule has 0 bridgehead atoms. The summed E-state index contributed by atoms with van der Waals surface area (Å²) in [5, 5.41) is 16.5. The maximum atomic E-state index is 12.6. The molecular formula is C17H26N4O4. The number of nitrogens with zero attached hydrogens (tertiary/aromatic N) is 4. The fourth-order valence-electron chi connectivity index (χ4n) is 3.93. The maximum Gasteiger partial charge on any atom is 0.228 e. The van der Waals surface area contributed by atoms with E-state index in [1.54, 1.807) is 6.92 Å². The first-order valence-electron chi connectivity index (χ1n) is 9.06. The molecule has 1 aromatic rings. The van der Waals surface area contributed by atoms with Crippen molar-refractivity contribution in [2.75, 3.05) is 26.2 Å². The van der Waals surface area contributed by atoms with Gasteiger partial charge in [0.2, 0.25) is 11.8 Å². The number of rotatable bonds is 6. The van der Waals surface area contributed by atoms with Gasteiger partial charge in [0.1, 0.15) is 11.4 Å². The average Bonchev–Trinajstić information content (AvgIpc) is 3.01. The summed E-state index contributed by atoms with van der Waals surface area (Å²) < 4.78 is 4.66. The van der Waals surface area contributed by atoms with E-state index in [1.807, 2.05) is 9.80 Å². The lowest BCUT2D eigenvalue weighted by atomic mass is 9.83. The molecule has 2 saturated heterocycles. The Morgan fingerprint density at radius 2 is 2.16 bits per heavy atom. The van der Waals surface area contributed by atoms with Crippen LogP contribution in [0.2, 0.25) is 0 Å². The van der Waals surface area contributed by atoms with Crippen LogP contribution in [0.4, 0.5) is 0 Å².